The van der Waals surface area contributed by atoms with Gasteiger partial charge in [0.1, 0.15) is 0 Å². The average molecular weight is 491 g/mol. The molecular formula is C29H38N4O3. The molecule has 3 amide bonds. The fraction of sp³-hybridized carbons (Fsp3) is 0.483. The molecular weight excluding hydrogens is 452 g/mol. The first-order chi connectivity index (χ1) is 17.2. The zero-order chi connectivity index (χ0) is 25.7. The highest BCUT2D eigenvalue weighted by molar-refractivity contribution is 5.96. The molecule has 2 aromatic carbocycles. The first-order valence-electron chi connectivity index (χ1n) is 13.0. The van der Waals surface area contributed by atoms with E-state index in [1.807, 2.05) is 62.1 Å². The third kappa shape index (κ3) is 7.17. The molecule has 1 aliphatic carbocycles. The van der Waals surface area contributed by atoms with Crippen molar-refractivity contribution in [2.45, 2.75) is 58.5 Å². The summed E-state index contributed by atoms with van der Waals surface area (Å²) in [7, 11) is 0. The van der Waals surface area contributed by atoms with Gasteiger partial charge in [-0.1, -0.05) is 18.6 Å². The highest BCUT2D eigenvalue weighted by atomic mass is 16.2. The maximum absolute atomic E-state index is 13.0. The van der Waals surface area contributed by atoms with Crippen LogP contribution in [0.5, 0.6) is 0 Å². The van der Waals surface area contributed by atoms with Crippen LogP contribution in [0.2, 0.25) is 0 Å². The van der Waals surface area contributed by atoms with E-state index in [1.54, 1.807) is 12.1 Å². The van der Waals surface area contributed by atoms with Gasteiger partial charge in [-0.3, -0.25) is 19.3 Å². The van der Waals surface area contributed by atoms with Crippen molar-refractivity contribution in [3.05, 3.63) is 65.2 Å². The monoisotopic (exact) mass is 490 g/mol. The lowest BCUT2D eigenvalue weighted by molar-refractivity contribution is -0.117. The second kappa shape index (κ2) is 11.2. The minimum atomic E-state index is -0.278. The van der Waals surface area contributed by atoms with E-state index in [-0.39, 0.29) is 23.3 Å². The summed E-state index contributed by atoms with van der Waals surface area (Å²) < 4.78 is 0. The van der Waals surface area contributed by atoms with Crippen molar-refractivity contribution >= 4 is 23.4 Å². The van der Waals surface area contributed by atoms with Crippen molar-refractivity contribution in [2.24, 2.45) is 5.92 Å². The van der Waals surface area contributed by atoms with Crippen molar-refractivity contribution < 1.29 is 14.4 Å². The fourth-order valence-electron chi connectivity index (χ4n) is 4.64. The van der Waals surface area contributed by atoms with Gasteiger partial charge in [-0.2, -0.15) is 0 Å². The van der Waals surface area contributed by atoms with Crippen molar-refractivity contribution in [3.63, 3.8) is 0 Å². The van der Waals surface area contributed by atoms with Gasteiger partial charge in [0, 0.05) is 61.5 Å². The number of nitrogens with zero attached hydrogens (tertiary/aromatic N) is 2. The van der Waals surface area contributed by atoms with Crippen LogP contribution >= 0.6 is 0 Å². The normalized spacial score (nSPS) is 16.8. The van der Waals surface area contributed by atoms with E-state index in [0.717, 1.165) is 43.7 Å². The number of rotatable bonds is 7. The molecule has 0 bridgehead atoms. The van der Waals surface area contributed by atoms with Gasteiger partial charge in [0.15, 0.2) is 0 Å². The quantitative estimate of drug-likeness (QED) is 0.606. The first kappa shape index (κ1) is 25.9. The van der Waals surface area contributed by atoms with Crippen LogP contribution < -0.4 is 10.6 Å². The van der Waals surface area contributed by atoms with E-state index < -0.39 is 0 Å². The predicted octanol–water partition coefficient (Wildman–Crippen LogP) is 4.30. The van der Waals surface area contributed by atoms with Gasteiger partial charge in [0.05, 0.1) is 0 Å². The second-order valence-electron chi connectivity index (χ2n) is 11.1. The molecule has 7 heteroatoms. The lowest BCUT2D eigenvalue weighted by Gasteiger charge is -2.35. The summed E-state index contributed by atoms with van der Waals surface area (Å²) in [4.78, 5) is 41.8. The average Bonchev–Trinajstić information content (AvgIpc) is 2.81. The van der Waals surface area contributed by atoms with Crippen molar-refractivity contribution in [2.75, 3.05) is 31.5 Å². The number of anilines is 1. The van der Waals surface area contributed by atoms with Gasteiger partial charge in [-0.05, 0) is 81.5 Å². The molecule has 0 atom stereocenters. The van der Waals surface area contributed by atoms with Crippen LogP contribution in [0.4, 0.5) is 5.69 Å². The summed E-state index contributed by atoms with van der Waals surface area (Å²) in [6.07, 6.45) is 4.11. The van der Waals surface area contributed by atoms with E-state index >= 15 is 0 Å². The molecule has 36 heavy (non-hydrogen) atoms. The van der Waals surface area contributed by atoms with Crippen LogP contribution in [-0.2, 0) is 11.3 Å². The molecule has 192 valence electrons. The Morgan fingerprint density at radius 2 is 1.61 bits per heavy atom. The van der Waals surface area contributed by atoms with E-state index in [4.69, 9.17) is 0 Å². The molecule has 1 saturated carbocycles. The summed E-state index contributed by atoms with van der Waals surface area (Å²) in [5.41, 5.74) is 2.85. The Morgan fingerprint density at radius 3 is 2.22 bits per heavy atom. The highest BCUT2D eigenvalue weighted by Gasteiger charge is 2.23. The SMILES string of the molecule is CC(C)(C)NC(=O)c1cccc(CN2CCN(C(=O)c3ccc(NC(=O)CC4CCC4)cc3)CC2)c1. The number of nitrogens with one attached hydrogen (secondary N) is 2. The Bertz CT molecular complexity index is 1080. The van der Waals surface area contributed by atoms with Crippen LogP contribution in [0.15, 0.2) is 48.5 Å². The Balaban J connectivity index is 1.25. The molecule has 4 rings (SSSR count). The van der Waals surface area contributed by atoms with Gasteiger partial charge < -0.3 is 15.5 Å². The molecule has 2 aliphatic rings. The van der Waals surface area contributed by atoms with Crippen LogP contribution in [0.1, 0.15) is 72.7 Å². The minimum absolute atomic E-state index is 0.0165. The molecule has 0 unspecified atom stereocenters. The lowest BCUT2D eigenvalue weighted by atomic mass is 9.83. The number of benzene rings is 2. The summed E-state index contributed by atoms with van der Waals surface area (Å²) in [5.74, 6) is 0.531. The predicted molar refractivity (Wildman–Crippen MR) is 142 cm³/mol. The van der Waals surface area contributed by atoms with Crippen molar-refractivity contribution in [1.29, 1.82) is 0 Å². The number of carbonyl (C=O) groups excluding carboxylic acids is 3. The van der Waals surface area contributed by atoms with Crippen molar-refractivity contribution in [1.82, 2.24) is 15.1 Å². The summed E-state index contributed by atoms with van der Waals surface area (Å²) in [6, 6.07) is 15.0. The van der Waals surface area contributed by atoms with Crippen LogP contribution in [-0.4, -0.2) is 59.2 Å². The maximum atomic E-state index is 13.0. The smallest absolute Gasteiger partial charge is 0.253 e. The van der Waals surface area contributed by atoms with E-state index in [0.29, 0.717) is 36.6 Å². The number of carbonyl (C=O) groups is 3. The van der Waals surface area contributed by atoms with Gasteiger partial charge in [-0.25, -0.2) is 0 Å². The number of hydrogen-bond acceptors (Lipinski definition) is 4. The Labute approximate surface area is 214 Å². The van der Waals surface area contributed by atoms with E-state index in [1.165, 1.54) is 6.42 Å². The standard InChI is InChI=1S/C29H38N4O3/c1-29(2,3)31-27(35)24-9-5-8-22(18-24)20-32-14-16-33(17-15-32)28(36)23-10-12-25(13-11-23)30-26(34)19-21-6-4-7-21/h5,8-13,18,21H,4,6-7,14-17,19-20H2,1-3H3,(H,30,34)(H,31,35). The molecule has 0 spiro atoms. The number of piperazine rings is 1. The summed E-state index contributed by atoms with van der Waals surface area (Å²) in [5, 5.41) is 5.95. The molecule has 7 nitrogen and oxygen atoms in total. The van der Waals surface area contributed by atoms with Crippen LogP contribution in [0, 0.1) is 5.92 Å². The molecule has 2 fully saturated rings. The molecule has 2 aromatic rings. The molecule has 0 aromatic heterocycles. The van der Waals surface area contributed by atoms with Crippen LogP contribution in [0.3, 0.4) is 0 Å². The Hall–Kier alpha value is -3.19. The fourth-order valence-corrected chi connectivity index (χ4v) is 4.64. The third-order valence-electron chi connectivity index (χ3n) is 6.86. The zero-order valence-corrected chi connectivity index (χ0v) is 21.7. The van der Waals surface area contributed by atoms with E-state index in [9.17, 15) is 14.4 Å². The molecule has 1 heterocycles. The van der Waals surface area contributed by atoms with E-state index in [2.05, 4.69) is 15.5 Å². The van der Waals surface area contributed by atoms with Crippen LogP contribution in [0.25, 0.3) is 0 Å². The van der Waals surface area contributed by atoms with Crippen molar-refractivity contribution in [3.8, 4) is 0 Å². The lowest BCUT2D eigenvalue weighted by Crippen LogP contribution is -2.48. The zero-order valence-electron chi connectivity index (χ0n) is 21.7. The van der Waals surface area contributed by atoms with Gasteiger partial charge in [0.25, 0.3) is 11.8 Å². The largest absolute Gasteiger partial charge is 0.347 e. The molecule has 1 aliphatic heterocycles. The Morgan fingerprint density at radius 1 is 0.917 bits per heavy atom. The molecule has 2 N–H and O–H groups in total. The minimum Gasteiger partial charge on any atom is -0.347 e. The third-order valence-corrected chi connectivity index (χ3v) is 6.86. The number of amides is 3. The number of hydrogen-bond donors (Lipinski definition) is 2. The van der Waals surface area contributed by atoms with Gasteiger partial charge >= 0.3 is 0 Å². The van der Waals surface area contributed by atoms with Gasteiger partial charge in [-0.15, -0.1) is 0 Å². The topological polar surface area (TPSA) is 81.8 Å². The Kier molecular flexibility index (Phi) is 8.09. The summed E-state index contributed by atoms with van der Waals surface area (Å²) >= 11 is 0. The second-order valence-corrected chi connectivity index (χ2v) is 11.1. The first-order valence-corrected chi connectivity index (χ1v) is 13.0. The summed E-state index contributed by atoms with van der Waals surface area (Å²) in [6.45, 7) is 9.52. The highest BCUT2D eigenvalue weighted by Crippen LogP contribution is 2.29. The maximum Gasteiger partial charge on any atom is 0.253 e. The van der Waals surface area contributed by atoms with Gasteiger partial charge in [0.2, 0.25) is 5.91 Å². The molecule has 1 saturated heterocycles. The molecule has 0 radical (unpaired) electrons.